The Morgan fingerprint density at radius 2 is 2.05 bits per heavy atom. The molecule has 0 bridgehead atoms. The van der Waals surface area contributed by atoms with Crippen LogP contribution in [0.15, 0.2) is 24.3 Å². The maximum atomic E-state index is 13.2. The monoisotopic (exact) mass is 304 g/mol. The molecule has 3 rings (SSSR count). The normalized spacial score (nSPS) is 23.5. The van der Waals surface area contributed by atoms with Crippen molar-refractivity contribution in [3.63, 3.8) is 0 Å². The van der Waals surface area contributed by atoms with Crippen LogP contribution in [0.2, 0.25) is 0 Å². The predicted octanol–water partition coefficient (Wildman–Crippen LogP) is 2.75. The summed E-state index contributed by atoms with van der Waals surface area (Å²) in [6.07, 6.45) is 6.27. The Morgan fingerprint density at radius 3 is 2.73 bits per heavy atom. The molecule has 1 atom stereocenters. The van der Waals surface area contributed by atoms with E-state index in [1.807, 2.05) is 11.0 Å². The fraction of sp³-hybridized carbons (Fsp3) is 0.611. The van der Waals surface area contributed by atoms with Gasteiger partial charge < -0.3 is 10.2 Å². The molecular formula is C18H25FN2O. The first-order chi connectivity index (χ1) is 10.7. The van der Waals surface area contributed by atoms with E-state index >= 15 is 0 Å². The number of hydrogen-bond donors (Lipinski definition) is 1. The first kappa shape index (κ1) is 15.5. The lowest BCUT2D eigenvalue weighted by molar-refractivity contribution is -0.135. The second-order valence-corrected chi connectivity index (χ2v) is 6.61. The molecule has 3 nitrogen and oxygen atoms in total. The minimum Gasteiger partial charge on any atom is -0.341 e. The first-order valence-corrected chi connectivity index (χ1v) is 8.49. The highest BCUT2D eigenvalue weighted by atomic mass is 19.1. The maximum Gasteiger partial charge on any atom is 0.239 e. The summed E-state index contributed by atoms with van der Waals surface area (Å²) in [5.74, 6) is 0.683. The average Bonchev–Trinajstić information content (AvgIpc) is 2.56. The third kappa shape index (κ3) is 3.86. The van der Waals surface area contributed by atoms with Gasteiger partial charge in [-0.2, -0.15) is 0 Å². The molecule has 1 unspecified atom stereocenters. The van der Waals surface area contributed by atoms with Gasteiger partial charge in [-0.05, 0) is 62.3 Å². The first-order valence-electron chi connectivity index (χ1n) is 8.49. The van der Waals surface area contributed by atoms with Crippen molar-refractivity contribution in [1.82, 2.24) is 10.2 Å². The Kier molecular flexibility index (Phi) is 5.08. The Hall–Kier alpha value is -1.42. The van der Waals surface area contributed by atoms with Gasteiger partial charge in [-0.25, -0.2) is 4.39 Å². The zero-order valence-electron chi connectivity index (χ0n) is 13.1. The van der Waals surface area contributed by atoms with Gasteiger partial charge in [-0.3, -0.25) is 4.79 Å². The molecule has 120 valence electrons. The van der Waals surface area contributed by atoms with E-state index in [1.165, 1.54) is 12.5 Å². The molecule has 0 aromatic heterocycles. The molecule has 22 heavy (non-hydrogen) atoms. The van der Waals surface area contributed by atoms with Gasteiger partial charge in [0.2, 0.25) is 5.91 Å². The molecular weight excluding hydrogens is 279 g/mol. The lowest BCUT2D eigenvalue weighted by atomic mass is 9.89. The van der Waals surface area contributed by atoms with Crippen LogP contribution in [0.25, 0.3) is 0 Å². The van der Waals surface area contributed by atoms with Crippen molar-refractivity contribution in [3.05, 3.63) is 35.6 Å². The summed E-state index contributed by atoms with van der Waals surface area (Å²) in [6.45, 7) is 2.65. The van der Waals surface area contributed by atoms with Crippen LogP contribution in [0.5, 0.6) is 0 Å². The van der Waals surface area contributed by atoms with Gasteiger partial charge in [0.15, 0.2) is 0 Å². The fourth-order valence-electron chi connectivity index (χ4n) is 3.64. The van der Waals surface area contributed by atoms with Gasteiger partial charge in [0.1, 0.15) is 5.82 Å². The maximum absolute atomic E-state index is 13.2. The summed E-state index contributed by atoms with van der Waals surface area (Å²) in [5, 5.41) is 3.34. The summed E-state index contributed by atoms with van der Waals surface area (Å²) >= 11 is 0. The number of carbonyl (C=O) groups excluding carboxylic acids is 1. The molecule has 0 radical (unpaired) electrons. The highest BCUT2D eigenvalue weighted by molar-refractivity contribution is 5.82. The minimum atomic E-state index is -0.159. The van der Waals surface area contributed by atoms with E-state index in [9.17, 15) is 9.18 Å². The topological polar surface area (TPSA) is 32.3 Å². The summed E-state index contributed by atoms with van der Waals surface area (Å²) in [5.41, 5.74) is 1.07. The average molecular weight is 304 g/mol. The lowest BCUT2D eigenvalue weighted by Crippen LogP contribution is -2.50. The lowest BCUT2D eigenvalue weighted by Gasteiger charge is -2.35. The molecule has 2 heterocycles. The van der Waals surface area contributed by atoms with Crippen LogP contribution in [-0.4, -0.2) is 36.5 Å². The van der Waals surface area contributed by atoms with Gasteiger partial charge in [-0.1, -0.05) is 18.6 Å². The molecule has 2 aliphatic rings. The van der Waals surface area contributed by atoms with Gasteiger partial charge in [-0.15, -0.1) is 0 Å². The zero-order chi connectivity index (χ0) is 15.4. The Balaban J connectivity index is 1.48. The molecule has 4 heteroatoms. The molecule has 0 spiro atoms. The quantitative estimate of drug-likeness (QED) is 0.931. The molecule has 0 saturated carbocycles. The van der Waals surface area contributed by atoms with Crippen LogP contribution < -0.4 is 5.32 Å². The predicted molar refractivity (Wildman–Crippen MR) is 85.0 cm³/mol. The van der Waals surface area contributed by atoms with Crippen LogP contribution in [-0.2, 0) is 11.2 Å². The number of likely N-dealkylation sites (tertiary alicyclic amines) is 1. The number of benzene rings is 1. The summed E-state index contributed by atoms with van der Waals surface area (Å²) < 4.78 is 13.2. The molecule has 1 amide bonds. The van der Waals surface area contributed by atoms with Gasteiger partial charge >= 0.3 is 0 Å². The van der Waals surface area contributed by atoms with E-state index in [4.69, 9.17) is 0 Å². The summed E-state index contributed by atoms with van der Waals surface area (Å²) in [7, 11) is 0. The number of nitrogens with one attached hydrogen (secondary N) is 1. The van der Waals surface area contributed by atoms with E-state index in [0.717, 1.165) is 57.3 Å². The van der Waals surface area contributed by atoms with Crippen LogP contribution in [0.1, 0.15) is 37.7 Å². The van der Waals surface area contributed by atoms with Crippen LogP contribution >= 0.6 is 0 Å². The molecule has 1 N–H and O–H groups in total. The molecule has 2 fully saturated rings. The van der Waals surface area contributed by atoms with Crippen molar-refractivity contribution >= 4 is 5.91 Å². The summed E-state index contributed by atoms with van der Waals surface area (Å²) in [6, 6.07) is 6.92. The molecule has 2 saturated heterocycles. The third-order valence-corrected chi connectivity index (χ3v) is 4.95. The number of amides is 1. The SMILES string of the molecule is O=C(C1CCCCN1)N1CCC(Cc2cccc(F)c2)CC1. The van der Waals surface area contributed by atoms with E-state index < -0.39 is 0 Å². The Labute approximate surface area is 131 Å². The highest BCUT2D eigenvalue weighted by Crippen LogP contribution is 2.23. The second kappa shape index (κ2) is 7.23. The highest BCUT2D eigenvalue weighted by Gasteiger charge is 2.28. The van der Waals surface area contributed by atoms with Gasteiger partial charge in [0, 0.05) is 13.1 Å². The number of hydrogen-bond acceptors (Lipinski definition) is 2. The van der Waals surface area contributed by atoms with Crippen molar-refractivity contribution < 1.29 is 9.18 Å². The van der Waals surface area contributed by atoms with Crippen LogP contribution in [0.4, 0.5) is 4.39 Å². The smallest absolute Gasteiger partial charge is 0.239 e. The van der Waals surface area contributed by atoms with Crippen molar-refractivity contribution in [2.24, 2.45) is 5.92 Å². The number of carbonyl (C=O) groups is 1. The Bertz CT molecular complexity index is 506. The van der Waals surface area contributed by atoms with Crippen molar-refractivity contribution in [2.45, 2.75) is 44.6 Å². The minimum absolute atomic E-state index is 0.0357. The number of rotatable bonds is 3. The van der Waals surface area contributed by atoms with E-state index in [1.54, 1.807) is 12.1 Å². The van der Waals surface area contributed by atoms with Crippen LogP contribution in [0.3, 0.4) is 0 Å². The largest absolute Gasteiger partial charge is 0.341 e. The number of nitrogens with zero attached hydrogens (tertiary/aromatic N) is 1. The molecule has 0 aliphatic carbocycles. The second-order valence-electron chi connectivity index (χ2n) is 6.61. The van der Waals surface area contributed by atoms with Crippen molar-refractivity contribution in [1.29, 1.82) is 0 Å². The molecule has 1 aromatic rings. The van der Waals surface area contributed by atoms with Gasteiger partial charge in [0.05, 0.1) is 6.04 Å². The molecule has 2 aliphatic heterocycles. The number of halogens is 1. The summed E-state index contributed by atoms with van der Waals surface area (Å²) in [4.78, 5) is 14.5. The van der Waals surface area contributed by atoms with E-state index in [-0.39, 0.29) is 17.8 Å². The standard InChI is InChI=1S/C18H25FN2O/c19-16-5-3-4-15(13-16)12-14-7-10-21(11-8-14)18(22)17-6-1-2-9-20-17/h3-5,13-14,17,20H,1-2,6-12H2. The van der Waals surface area contributed by atoms with Gasteiger partial charge in [0.25, 0.3) is 0 Å². The molecule has 1 aromatic carbocycles. The zero-order valence-corrected chi connectivity index (χ0v) is 13.1. The van der Waals surface area contributed by atoms with Crippen LogP contribution in [0, 0.1) is 11.7 Å². The van der Waals surface area contributed by atoms with Crippen molar-refractivity contribution in [2.75, 3.05) is 19.6 Å². The van der Waals surface area contributed by atoms with E-state index in [0.29, 0.717) is 5.92 Å². The third-order valence-electron chi connectivity index (χ3n) is 4.95. The van der Waals surface area contributed by atoms with Crippen molar-refractivity contribution in [3.8, 4) is 0 Å². The number of piperidine rings is 2. The fourth-order valence-corrected chi connectivity index (χ4v) is 3.64. The van der Waals surface area contributed by atoms with E-state index in [2.05, 4.69) is 5.32 Å². The Morgan fingerprint density at radius 1 is 1.23 bits per heavy atom.